The minimum Gasteiger partial charge on any atom is -0.480 e. The Morgan fingerprint density at radius 2 is 0.960 bits per heavy atom. The fraction of sp³-hybridized carbons (Fsp3) is 0.676. The molecule has 0 saturated heterocycles. The summed E-state index contributed by atoms with van der Waals surface area (Å²) in [6, 6.07) is 2.77. The van der Waals surface area contributed by atoms with Crippen molar-refractivity contribution in [3.63, 3.8) is 0 Å². The molecule has 0 spiro atoms. The van der Waals surface area contributed by atoms with Gasteiger partial charge in [-0.2, -0.15) is 0 Å². The third kappa shape index (κ3) is 13.4. The van der Waals surface area contributed by atoms with E-state index in [0.717, 1.165) is 5.56 Å². The second kappa shape index (κ2) is 21.3. The number of carbonyl (C=O) groups excluding carboxylic acids is 5. The van der Waals surface area contributed by atoms with Crippen LogP contribution in [0.5, 0.6) is 0 Å². The summed E-state index contributed by atoms with van der Waals surface area (Å²) in [7, 11) is 0. The first kappa shape index (κ1) is 44.0. The van der Waals surface area contributed by atoms with Crippen LogP contribution in [-0.2, 0) is 35.2 Å². The van der Waals surface area contributed by atoms with E-state index >= 15 is 0 Å². The molecular formula is C37H62N6O7. The first-order valence-corrected chi connectivity index (χ1v) is 17.9. The topological polar surface area (TPSA) is 209 Å². The molecule has 0 bridgehead atoms. The van der Waals surface area contributed by atoms with Crippen LogP contribution in [-0.4, -0.2) is 76.9 Å². The minimum absolute atomic E-state index is 0.0799. The third-order valence-electron chi connectivity index (χ3n) is 9.54. The van der Waals surface area contributed by atoms with Gasteiger partial charge in [-0.1, -0.05) is 119 Å². The highest BCUT2D eigenvalue weighted by molar-refractivity contribution is 5.96. The fourth-order valence-corrected chi connectivity index (χ4v) is 5.27. The molecule has 0 aliphatic rings. The van der Waals surface area contributed by atoms with Crippen LogP contribution in [0.15, 0.2) is 30.3 Å². The number of rotatable bonds is 21. The summed E-state index contributed by atoms with van der Waals surface area (Å²) < 4.78 is 0. The van der Waals surface area contributed by atoms with E-state index in [0.29, 0.717) is 19.3 Å². The molecule has 0 aliphatic carbocycles. The molecule has 13 nitrogen and oxygen atoms in total. The lowest BCUT2D eigenvalue weighted by molar-refractivity contribution is -0.143. The number of carboxylic acid groups (broad SMARTS) is 1. The van der Waals surface area contributed by atoms with Gasteiger partial charge in [-0.05, 0) is 35.2 Å². The van der Waals surface area contributed by atoms with Crippen molar-refractivity contribution >= 4 is 35.5 Å². The second-order valence-corrected chi connectivity index (χ2v) is 14.2. The average Bonchev–Trinajstić information content (AvgIpc) is 3.08. The van der Waals surface area contributed by atoms with Gasteiger partial charge in [-0.25, -0.2) is 4.79 Å². The minimum atomic E-state index is -1.20. The van der Waals surface area contributed by atoms with Gasteiger partial charge in [0.05, 0.1) is 6.04 Å². The van der Waals surface area contributed by atoms with Crippen molar-refractivity contribution in [1.29, 1.82) is 0 Å². The van der Waals surface area contributed by atoms with Gasteiger partial charge in [0.25, 0.3) is 0 Å². The number of carbonyl (C=O) groups is 6. The molecule has 0 aromatic heterocycles. The SMILES string of the molecule is CC[C@H](C)[C@H](N)C(=O)N[C@H](C(=O)N[C@H](C(=O)N[C@H](C(=O)N[C@@H](Cc1ccccc1)C(=O)N[C@H](C(=O)O)C(C)C)C(C)C)[C@@H](C)CC)[C@@H](C)CC. The summed E-state index contributed by atoms with van der Waals surface area (Å²) in [5.41, 5.74) is 6.88. The molecule has 0 heterocycles. The van der Waals surface area contributed by atoms with Gasteiger partial charge in [0.1, 0.15) is 30.2 Å². The lowest BCUT2D eigenvalue weighted by Gasteiger charge is -2.32. The second-order valence-electron chi connectivity index (χ2n) is 14.2. The molecule has 50 heavy (non-hydrogen) atoms. The number of aliphatic carboxylic acids is 1. The quantitative estimate of drug-likeness (QED) is 0.101. The van der Waals surface area contributed by atoms with Gasteiger partial charge in [-0.15, -0.1) is 0 Å². The maximum Gasteiger partial charge on any atom is 0.326 e. The van der Waals surface area contributed by atoms with Crippen LogP contribution in [0.1, 0.15) is 94.1 Å². The van der Waals surface area contributed by atoms with E-state index in [9.17, 15) is 33.9 Å². The van der Waals surface area contributed by atoms with Crippen molar-refractivity contribution in [3.8, 4) is 0 Å². The number of hydrogen-bond acceptors (Lipinski definition) is 7. The van der Waals surface area contributed by atoms with Crippen LogP contribution >= 0.6 is 0 Å². The first-order chi connectivity index (χ1) is 23.4. The molecule has 0 aliphatic heterocycles. The van der Waals surface area contributed by atoms with Gasteiger partial charge in [0.15, 0.2) is 0 Å². The molecule has 9 atom stereocenters. The number of hydrogen-bond donors (Lipinski definition) is 7. The van der Waals surface area contributed by atoms with E-state index in [1.807, 2.05) is 40.7 Å². The Bertz CT molecular complexity index is 1270. The maximum atomic E-state index is 13.9. The molecule has 0 fully saturated rings. The molecule has 8 N–H and O–H groups in total. The van der Waals surface area contributed by atoms with Gasteiger partial charge in [-0.3, -0.25) is 24.0 Å². The molecule has 0 saturated carbocycles. The molecule has 1 aromatic carbocycles. The predicted molar refractivity (Wildman–Crippen MR) is 193 cm³/mol. The summed E-state index contributed by atoms with van der Waals surface area (Å²) in [6.45, 7) is 18.0. The molecule has 5 amide bonds. The van der Waals surface area contributed by atoms with E-state index in [4.69, 9.17) is 5.73 Å². The predicted octanol–water partition coefficient (Wildman–Crippen LogP) is 2.52. The van der Waals surface area contributed by atoms with E-state index in [-0.39, 0.29) is 24.2 Å². The fourth-order valence-electron chi connectivity index (χ4n) is 5.27. The van der Waals surface area contributed by atoms with E-state index < -0.39 is 83.6 Å². The number of nitrogens with one attached hydrogen (secondary N) is 5. The number of amides is 5. The third-order valence-corrected chi connectivity index (χ3v) is 9.54. The Morgan fingerprint density at radius 3 is 1.38 bits per heavy atom. The largest absolute Gasteiger partial charge is 0.480 e. The Kier molecular flexibility index (Phi) is 18.7. The summed E-state index contributed by atoms with van der Waals surface area (Å²) in [5.74, 6) is -5.63. The summed E-state index contributed by atoms with van der Waals surface area (Å²) >= 11 is 0. The zero-order valence-corrected chi connectivity index (χ0v) is 31.5. The molecule has 0 unspecified atom stereocenters. The van der Waals surface area contributed by atoms with Crippen molar-refractivity contribution in [1.82, 2.24) is 26.6 Å². The summed E-state index contributed by atoms with van der Waals surface area (Å²) in [5, 5.41) is 23.3. The summed E-state index contributed by atoms with van der Waals surface area (Å²) in [4.78, 5) is 79.6. The summed E-state index contributed by atoms with van der Waals surface area (Å²) in [6.07, 6.45) is 1.87. The molecule has 1 aromatic rings. The Hall–Kier alpha value is -4.00. The lowest BCUT2D eigenvalue weighted by atomic mass is 9.93. The molecule has 282 valence electrons. The highest BCUT2D eigenvalue weighted by atomic mass is 16.4. The molecule has 0 radical (unpaired) electrons. The highest BCUT2D eigenvalue weighted by Gasteiger charge is 2.37. The highest BCUT2D eigenvalue weighted by Crippen LogP contribution is 2.15. The molecule has 1 rings (SSSR count). The number of carboxylic acids is 1. The standard InChI is InChI=1S/C37H62N6O7/c1-11-22(8)27(38)33(45)42-30(23(9)12-2)36(48)43-31(24(10)13-3)35(47)40-28(20(4)5)34(46)39-26(19-25-17-15-14-16-18-25)32(44)41-29(21(6)7)37(49)50/h14-18,20-24,26-31H,11-13,19,38H2,1-10H3,(H,39,46)(H,40,47)(H,41,44)(H,42,45)(H,43,48)(H,49,50)/t22-,23-,24-,26-,27-,28-,29-,30-,31-/m0/s1. The zero-order valence-electron chi connectivity index (χ0n) is 31.5. The van der Waals surface area contributed by atoms with Crippen LogP contribution in [0, 0.1) is 29.6 Å². The monoisotopic (exact) mass is 702 g/mol. The maximum absolute atomic E-state index is 13.9. The Labute approximate surface area is 298 Å². The van der Waals surface area contributed by atoms with Crippen LogP contribution in [0.2, 0.25) is 0 Å². The van der Waals surface area contributed by atoms with Crippen molar-refractivity contribution < 1.29 is 33.9 Å². The lowest BCUT2D eigenvalue weighted by Crippen LogP contribution is -2.62. The number of nitrogens with two attached hydrogens (primary N) is 1. The van der Waals surface area contributed by atoms with E-state index in [2.05, 4.69) is 26.6 Å². The average molecular weight is 703 g/mol. The van der Waals surface area contributed by atoms with Crippen molar-refractivity contribution in [2.75, 3.05) is 0 Å². The normalized spacial score (nSPS) is 16.8. The van der Waals surface area contributed by atoms with E-state index in [1.54, 1.807) is 58.9 Å². The Morgan fingerprint density at radius 1 is 0.560 bits per heavy atom. The van der Waals surface area contributed by atoms with Crippen LogP contribution < -0.4 is 32.3 Å². The van der Waals surface area contributed by atoms with Crippen LogP contribution in [0.3, 0.4) is 0 Å². The van der Waals surface area contributed by atoms with Gasteiger partial charge in [0.2, 0.25) is 29.5 Å². The van der Waals surface area contributed by atoms with Crippen molar-refractivity contribution in [2.45, 2.75) is 131 Å². The van der Waals surface area contributed by atoms with Crippen LogP contribution in [0.25, 0.3) is 0 Å². The molecule has 13 heteroatoms. The van der Waals surface area contributed by atoms with Crippen LogP contribution in [0.4, 0.5) is 0 Å². The van der Waals surface area contributed by atoms with Gasteiger partial charge < -0.3 is 37.4 Å². The van der Waals surface area contributed by atoms with Gasteiger partial charge in [0, 0.05) is 6.42 Å². The smallest absolute Gasteiger partial charge is 0.326 e. The first-order valence-electron chi connectivity index (χ1n) is 17.9. The van der Waals surface area contributed by atoms with E-state index in [1.165, 1.54) is 0 Å². The van der Waals surface area contributed by atoms with Crippen molar-refractivity contribution in [3.05, 3.63) is 35.9 Å². The van der Waals surface area contributed by atoms with Gasteiger partial charge >= 0.3 is 5.97 Å². The molecular weight excluding hydrogens is 640 g/mol. The van der Waals surface area contributed by atoms with Crippen molar-refractivity contribution in [2.24, 2.45) is 35.3 Å². The Balaban J connectivity index is 3.31. The number of benzene rings is 1. The zero-order chi connectivity index (χ0) is 38.3.